The Morgan fingerprint density at radius 3 is 2.40 bits per heavy atom. The third kappa shape index (κ3) is 4.88. The summed E-state index contributed by atoms with van der Waals surface area (Å²) in [5, 5.41) is 0.394. The molecule has 0 aliphatic carbocycles. The van der Waals surface area contributed by atoms with E-state index in [-0.39, 0.29) is 22.9 Å². The number of rotatable bonds is 5. The number of hydrogen-bond acceptors (Lipinski definition) is 6. The molecule has 0 bridgehead atoms. The molecule has 1 aliphatic rings. The average molecular weight is 434 g/mol. The number of nitrogen functional groups attached to an aromatic ring is 1. The number of hydrogen-bond donors (Lipinski definition) is 1. The fraction of sp³-hybridized carbons (Fsp3) is 0.286. The van der Waals surface area contributed by atoms with Crippen molar-refractivity contribution >= 4 is 40.6 Å². The van der Waals surface area contributed by atoms with E-state index in [2.05, 4.69) is 0 Å². The third-order valence-electron chi connectivity index (χ3n) is 4.89. The second-order valence-electron chi connectivity index (χ2n) is 6.90. The molecule has 1 fully saturated rings. The molecule has 1 aliphatic heterocycles. The molecule has 0 aromatic heterocycles. The molecular weight excluding hydrogens is 413 g/mol. The number of carbonyl (C=O) groups is 3. The average Bonchev–Trinajstić information content (AvgIpc) is 2.71. The molecule has 2 aromatic carbocycles. The number of nitrogens with two attached hydrogens (primary N) is 1. The maximum Gasteiger partial charge on any atom is 0.340 e. The maximum atomic E-state index is 14.3. The molecule has 3 rings (SSSR count). The van der Waals surface area contributed by atoms with Gasteiger partial charge in [0.05, 0.1) is 11.3 Å². The summed E-state index contributed by atoms with van der Waals surface area (Å²) in [5.74, 6) is -1.73. The predicted octanol–water partition coefficient (Wildman–Crippen LogP) is 2.77. The van der Waals surface area contributed by atoms with Crippen LogP contribution in [-0.2, 0) is 9.53 Å². The number of piperazine rings is 1. The van der Waals surface area contributed by atoms with Crippen molar-refractivity contribution in [2.24, 2.45) is 0 Å². The van der Waals surface area contributed by atoms with Crippen LogP contribution in [0, 0.1) is 5.82 Å². The van der Waals surface area contributed by atoms with E-state index in [1.165, 1.54) is 31.2 Å². The largest absolute Gasteiger partial charge is 0.452 e. The Hall–Kier alpha value is -3.13. The van der Waals surface area contributed by atoms with Crippen LogP contribution in [0.2, 0.25) is 5.02 Å². The van der Waals surface area contributed by atoms with Crippen molar-refractivity contribution in [1.29, 1.82) is 0 Å². The van der Waals surface area contributed by atoms with Crippen molar-refractivity contribution in [3.05, 3.63) is 58.4 Å². The molecule has 1 saturated heterocycles. The van der Waals surface area contributed by atoms with Crippen LogP contribution < -0.4 is 10.6 Å². The van der Waals surface area contributed by atoms with Crippen LogP contribution in [0.3, 0.4) is 0 Å². The maximum absolute atomic E-state index is 14.3. The minimum atomic E-state index is -0.705. The van der Waals surface area contributed by atoms with E-state index in [0.717, 1.165) is 0 Å². The van der Waals surface area contributed by atoms with Gasteiger partial charge in [-0.1, -0.05) is 11.6 Å². The Labute approximate surface area is 178 Å². The number of ketones is 1. The Bertz CT molecular complexity index is 990. The first-order valence-corrected chi connectivity index (χ1v) is 9.69. The second-order valence-corrected chi connectivity index (χ2v) is 7.33. The molecule has 1 heterocycles. The summed E-state index contributed by atoms with van der Waals surface area (Å²) in [4.78, 5) is 39.2. The summed E-state index contributed by atoms with van der Waals surface area (Å²) >= 11 is 5.80. The topological polar surface area (TPSA) is 92.9 Å². The Morgan fingerprint density at radius 2 is 1.80 bits per heavy atom. The second kappa shape index (κ2) is 9.13. The van der Waals surface area contributed by atoms with Gasteiger partial charge in [0.25, 0.3) is 5.91 Å². The van der Waals surface area contributed by atoms with Crippen molar-refractivity contribution in [2.45, 2.75) is 6.92 Å². The van der Waals surface area contributed by atoms with Gasteiger partial charge in [-0.2, -0.15) is 0 Å². The lowest BCUT2D eigenvalue weighted by Gasteiger charge is -2.36. The molecule has 158 valence electrons. The van der Waals surface area contributed by atoms with E-state index in [0.29, 0.717) is 42.5 Å². The van der Waals surface area contributed by atoms with E-state index in [1.807, 2.05) is 4.90 Å². The first-order chi connectivity index (χ1) is 14.3. The number of halogens is 2. The Kier molecular flexibility index (Phi) is 6.56. The molecule has 9 heteroatoms. The van der Waals surface area contributed by atoms with Gasteiger partial charge in [0.2, 0.25) is 0 Å². The van der Waals surface area contributed by atoms with Gasteiger partial charge in [0, 0.05) is 42.5 Å². The number of benzene rings is 2. The number of ether oxygens (including phenoxy) is 1. The SMILES string of the molecule is CC(=O)c1ccc(N2CCN(C(=O)COC(=O)c3ccc(Cl)cc3N)CC2)c(F)c1. The predicted molar refractivity (Wildman–Crippen MR) is 111 cm³/mol. The standard InChI is InChI=1S/C21H21ClFN3O4/c1-13(27)14-2-5-19(17(23)10-14)25-6-8-26(9-7-25)20(28)12-30-21(29)16-4-3-15(22)11-18(16)24/h2-5,10-11H,6-9,12,24H2,1H3. The summed E-state index contributed by atoms with van der Waals surface area (Å²) in [5.41, 5.74) is 6.76. The van der Waals surface area contributed by atoms with E-state index in [4.69, 9.17) is 22.1 Å². The van der Waals surface area contributed by atoms with Gasteiger partial charge in [-0.25, -0.2) is 9.18 Å². The molecule has 30 heavy (non-hydrogen) atoms. The zero-order chi connectivity index (χ0) is 21.8. The monoisotopic (exact) mass is 433 g/mol. The van der Waals surface area contributed by atoms with Crippen molar-refractivity contribution in [1.82, 2.24) is 4.90 Å². The Balaban J connectivity index is 1.53. The van der Waals surface area contributed by atoms with E-state index in [9.17, 15) is 18.8 Å². The summed E-state index contributed by atoms with van der Waals surface area (Å²) < 4.78 is 19.4. The van der Waals surface area contributed by atoms with Crippen molar-refractivity contribution < 1.29 is 23.5 Å². The van der Waals surface area contributed by atoms with E-state index in [1.54, 1.807) is 17.0 Å². The molecule has 2 N–H and O–H groups in total. The lowest BCUT2D eigenvalue weighted by Crippen LogP contribution is -2.50. The number of anilines is 2. The van der Waals surface area contributed by atoms with Gasteiger partial charge in [0.1, 0.15) is 5.82 Å². The molecule has 0 spiro atoms. The summed E-state index contributed by atoms with van der Waals surface area (Å²) in [7, 11) is 0. The lowest BCUT2D eigenvalue weighted by molar-refractivity contribution is -0.134. The van der Waals surface area contributed by atoms with Crippen LogP contribution in [0.4, 0.5) is 15.8 Å². The molecule has 0 atom stereocenters. The van der Waals surface area contributed by atoms with E-state index >= 15 is 0 Å². The summed E-state index contributed by atoms with van der Waals surface area (Å²) in [6.07, 6.45) is 0. The molecule has 7 nitrogen and oxygen atoms in total. The highest BCUT2D eigenvalue weighted by Gasteiger charge is 2.24. The van der Waals surface area contributed by atoms with Gasteiger partial charge in [-0.3, -0.25) is 9.59 Å². The normalized spacial score (nSPS) is 13.8. The molecular formula is C21H21ClFN3O4. The van der Waals surface area contributed by atoms with Crippen LogP contribution >= 0.6 is 11.6 Å². The van der Waals surface area contributed by atoms with Gasteiger partial charge in [-0.15, -0.1) is 0 Å². The molecule has 2 aromatic rings. The van der Waals surface area contributed by atoms with Gasteiger partial charge in [-0.05, 0) is 43.3 Å². The van der Waals surface area contributed by atoms with Crippen molar-refractivity contribution in [3.63, 3.8) is 0 Å². The minimum absolute atomic E-state index is 0.140. The van der Waals surface area contributed by atoms with Gasteiger partial charge in [0.15, 0.2) is 12.4 Å². The van der Waals surface area contributed by atoms with Gasteiger partial charge >= 0.3 is 5.97 Å². The molecule has 1 amide bonds. The minimum Gasteiger partial charge on any atom is -0.452 e. The number of esters is 1. The number of Topliss-reactive ketones (excluding diaryl/α,β-unsaturated/α-hetero) is 1. The van der Waals surface area contributed by atoms with Crippen LogP contribution in [0.5, 0.6) is 0 Å². The molecule has 0 saturated carbocycles. The zero-order valence-corrected chi connectivity index (χ0v) is 17.1. The Morgan fingerprint density at radius 1 is 1.10 bits per heavy atom. The van der Waals surface area contributed by atoms with Crippen LogP contribution in [0.25, 0.3) is 0 Å². The summed E-state index contributed by atoms with van der Waals surface area (Å²) in [6.45, 7) is 2.51. The quantitative estimate of drug-likeness (QED) is 0.443. The van der Waals surface area contributed by atoms with Crippen LogP contribution in [0.15, 0.2) is 36.4 Å². The lowest BCUT2D eigenvalue weighted by atomic mass is 10.1. The first kappa shape index (κ1) is 21.6. The van der Waals surface area contributed by atoms with Crippen LogP contribution in [0.1, 0.15) is 27.6 Å². The van der Waals surface area contributed by atoms with Crippen molar-refractivity contribution in [3.8, 4) is 0 Å². The zero-order valence-electron chi connectivity index (χ0n) is 16.4. The van der Waals surface area contributed by atoms with Crippen molar-refractivity contribution in [2.75, 3.05) is 43.4 Å². The number of carbonyl (C=O) groups excluding carboxylic acids is 3. The van der Waals surface area contributed by atoms with Crippen LogP contribution in [-0.4, -0.2) is 55.3 Å². The summed E-state index contributed by atoms with van der Waals surface area (Å²) in [6, 6.07) is 8.76. The molecule has 0 unspecified atom stereocenters. The highest BCUT2D eigenvalue weighted by molar-refractivity contribution is 6.31. The third-order valence-corrected chi connectivity index (χ3v) is 5.12. The smallest absolute Gasteiger partial charge is 0.340 e. The number of nitrogens with zero attached hydrogens (tertiary/aromatic N) is 2. The first-order valence-electron chi connectivity index (χ1n) is 9.31. The molecule has 0 radical (unpaired) electrons. The van der Waals surface area contributed by atoms with E-state index < -0.39 is 18.4 Å². The fourth-order valence-corrected chi connectivity index (χ4v) is 3.38. The fourth-order valence-electron chi connectivity index (χ4n) is 3.19. The highest BCUT2D eigenvalue weighted by Crippen LogP contribution is 2.23. The van der Waals surface area contributed by atoms with Gasteiger partial charge < -0.3 is 20.3 Å². The number of amides is 1. The highest BCUT2D eigenvalue weighted by atomic mass is 35.5.